The van der Waals surface area contributed by atoms with Crippen molar-refractivity contribution in [2.75, 3.05) is 13.2 Å². The maximum atomic E-state index is 6.08. The summed E-state index contributed by atoms with van der Waals surface area (Å²) < 4.78 is 17.6. The minimum Gasteiger partial charge on any atom is -0.492 e. The lowest BCUT2D eigenvalue weighted by Crippen LogP contribution is -2.21. The van der Waals surface area contributed by atoms with Gasteiger partial charge in [0.05, 0.1) is 11.5 Å². The lowest BCUT2D eigenvalue weighted by atomic mass is 10.1. The van der Waals surface area contributed by atoms with Crippen LogP contribution in [0.25, 0.3) is 0 Å². The van der Waals surface area contributed by atoms with E-state index in [1.165, 1.54) is 9.75 Å². The molecule has 2 aromatic rings. The Balaban J connectivity index is 1.63. The van der Waals surface area contributed by atoms with Crippen molar-refractivity contribution in [3.63, 3.8) is 0 Å². The summed E-state index contributed by atoms with van der Waals surface area (Å²) in [5.41, 5.74) is 1.06. The average molecular weight is 287 g/mol. The van der Waals surface area contributed by atoms with E-state index >= 15 is 0 Å². The maximum absolute atomic E-state index is 6.08. The molecule has 2 aliphatic rings. The predicted molar refractivity (Wildman–Crippen MR) is 77.0 cm³/mol. The number of fused-ring (bicyclic) bond motifs is 2. The molecule has 1 atom stereocenters. The first kappa shape index (κ1) is 12.1. The van der Waals surface area contributed by atoms with Crippen LogP contribution in [0.1, 0.15) is 27.8 Å². The van der Waals surface area contributed by atoms with Gasteiger partial charge in [0.2, 0.25) is 0 Å². The van der Waals surface area contributed by atoms with Gasteiger partial charge in [0, 0.05) is 4.88 Å². The molecule has 1 aromatic carbocycles. The average Bonchev–Trinajstić information content (AvgIpc) is 2.91. The molecule has 4 rings (SSSR count). The number of ether oxygens (including phenoxy) is 3. The number of aryl methyl sites for hydroxylation is 2. The number of benzene rings is 1. The van der Waals surface area contributed by atoms with E-state index in [0.29, 0.717) is 6.61 Å². The molecular formula is C16H15O3S. The minimum atomic E-state index is -0.0445. The molecule has 0 spiro atoms. The van der Waals surface area contributed by atoms with Crippen molar-refractivity contribution in [3.05, 3.63) is 39.6 Å². The second-order valence-electron chi connectivity index (χ2n) is 5.14. The van der Waals surface area contributed by atoms with Crippen molar-refractivity contribution < 1.29 is 14.2 Å². The normalized spacial score (nSPS) is 20.1. The molecular weight excluding hydrogens is 272 g/mol. The third-order valence-corrected chi connectivity index (χ3v) is 4.92. The van der Waals surface area contributed by atoms with Gasteiger partial charge in [0.1, 0.15) is 12.4 Å². The zero-order valence-electron chi connectivity index (χ0n) is 11.3. The minimum absolute atomic E-state index is 0.0445. The van der Waals surface area contributed by atoms with Crippen LogP contribution in [0.3, 0.4) is 0 Å². The fraction of sp³-hybridized carbons (Fsp3) is 0.375. The van der Waals surface area contributed by atoms with E-state index in [9.17, 15) is 0 Å². The molecule has 103 valence electrons. The molecule has 0 saturated carbocycles. The lowest BCUT2D eigenvalue weighted by molar-refractivity contribution is 0.0928. The molecule has 2 aliphatic heterocycles. The highest BCUT2D eigenvalue weighted by atomic mass is 32.1. The molecule has 0 amide bonds. The van der Waals surface area contributed by atoms with E-state index in [0.717, 1.165) is 42.3 Å². The van der Waals surface area contributed by atoms with E-state index < -0.39 is 0 Å². The first-order chi connectivity index (χ1) is 9.81. The Labute approximate surface area is 122 Å². The van der Waals surface area contributed by atoms with Crippen molar-refractivity contribution >= 4 is 11.3 Å². The molecule has 0 saturated heterocycles. The van der Waals surface area contributed by atoms with Crippen LogP contribution in [0.2, 0.25) is 0 Å². The third kappa shape index (κ3) is 1.95. The summed E-state index contributed by atoms with van der Waals surface area (Å²) in [5.74, 6) is 2.66. The van der Waals surface area contributed by atoms with Gasteiger partial charge in [-0.05, 0) is 49.6 Å². The van der Waals surface area contributed by atoms with E-state index in [2.05, 4.69) is 12.1 Å². The third-order valence-electron chi connectivity index (χ3n) is 3.66. The van der Waals surface area contributed by atoms with Gasteiger partial charge in [-0.25, -0.2) is 0 Å². The number of thiophene rings is 1. The Kier molecular flexibility index (Phi) is 2.84. The van der Waals surface area contributed by atoms with Crippen LogP contribution in [-0.2, 0) is 6.42 Å². The van der Waals surface area contributed by atoms with E-state index in [1.807, 2.05) is 19.1 Å². The van der Waals surface area contributed by atoms with Crippen molar-refractivity contribution in [1.82, 2.24) is 0 Å². The van der Waals surface area contributed by atoms with Crippen molar-refractivity contribution in [1.29, 1.82) is 0 Å². The first-order valence-corrected chi connectivity index (χ1v) is 7.68. The standard InChI is InChI=1S/C16H15O3S/c1-10-4-2-5-11-16(10)18-9-13(19-11)15-8-12-14(20-15)6-3-7-17-12/h4-5,8,13H,3,6-7,9H2,1H3. The molecule has 4 heteroatoms. The Morgan fingerprint density at radius 3 is 3.10 bits per heavy atom. The molecule has 0 N–H and O–H groups in total. The highest BCUT2D eigenvalue weighted by molar-refractivity contribution is 7.12. The summed E-state index contributed by atoms with van der Waals surface area (Å²) in [5, 5.41) is 0. The van der Waals surface area contributed by atoms with E-state index in [-0.39, 0.29) is 6.10 Å². The second kappa shape index (κ2) is 4.70. The summed E-state index contributed by atoms with van der Waals surface area (Å²) in [6, 6.07) is 8.95. The molecule has 3 nitrogen and oxygen atoms in total. The van der Waals surface area contributed by atoms with Crippen molar-refractivity contribution in [2.45, 2.75) is 25.9 Å². The zero-order chi connectivity index (χ0) is 13.5. The van der Waals surface area contributed by atoms with Crippen LogP contribution in [0.5, 0.6) is 17.2 Å². The highest BCUT2D eigenvalue weighted by Gasteiger charge is 2.27. The Bertz CT molecular complexity index is 624. The second-order valence-corrected chi connectivity index (χ2v) is 6.31. The highest BCUT2D eigenvalue weighted by Crippen LogP contribution is 2.42. The van der Waals surface area contributed by atoms with Gasteiger partial charge >= 0.3 is 0 Å². The lowest BCUT2D eigenvalue weighted by Gasteiger charge is -2.26. The Hall–Kier alpha value is -1.68. The number of rotatable bonds is 1. The summed E-state index contributed by atoms with van der Waals surface area (Å²) >= 11 is 1.78. The number of hydrogen-bond donors (Lipinski definition) is 0. The summed E-state index contributed by atoms with van der Waals surface area (Å²) in [6.07, 6.45) is 2.17. The number of hydrogen-bond acceptors (Lipinski definition) is 4. The van der Waals surface area contributed by atoms with Crippen LogP contribution in [0.4, 0.5) is 0 Å². The molecule has 0 bridgehead atoms. The SMILES string of the molecule is Cc1c[c]cc2c1OCC(c1cc3c(s1)CCCO3)O2. The van der Waals surface area contributed by atoms with Gasteiger partial charge in [0.15, 0.2) is 17.6 Å². The zero-order valence-corrected chi connectivity index (χ0v) is 12.1. The van der Waals surface area contributed by atoms with Crippen molar-refractivity contribution in [3.8, 4) is 17.2 Å². The predicted octanol–water partition coefficient (Wildman–Crippen LogP) is 3.69. The van der Waals surface area contributed by atoms with Crippen LogP contribution >= 0.6 is 11.3 Å². The van der Waals surface area contributed by atoms with Gasteiger partial charge in [-0.15, -0.1) is 11.3 Å². The molecule has 1 unspecified atom stereocenters. The van der Waals surface area contributed by atoms with Crippen LogP contribution < -0.4 is 14.2 Å². The summed E-state index contributed by atoms with van der Waals surface area (Å²) in [4.78, 5) is 2.51. The van der Waals surface area contributed by atoms with Crippen molar-refractivity contribution in [2.24, 2.45) is 0 Å². The van der Waals surface area contributed by atoms with E-state index in [1.54, 1.807) is 11.3 Å². The summed E-state index contributed by atoms with van der Waals surface area (Å²) in [6.45, 7) is 3.39. The van der Waals surface area contributed by atoms with Gasteiger partial charge in [-0.2, -0.15) is 0 Å². The largest absolute Gasteiger partial charge is 0.492 e. The van der Waals surface area contributed by atoms with Gasteiger partial charge in [-0.3, -0.25) is 0 Å². The van der Waals surface area contributed by atoms with Crippen LogP contribution in [0.15, 0.2) is 18.2 Å². The molecule has 20 heavy (non-hydrogen) atoms. The quantitative estimate of drug-likeness (QED) is 0.800. The molecule has 1 radical (unpaired) electrons. The molecule has 3 heterocycles. The monoisotopic (exact) mass is 287 g/mol. The first-order valence-electron chi connectivity index (χ1n) is 6.87. The van der Waals surface area contributed by atoms with E-state index in [4.69, 9.17) is 14.2 Å². The molecule has 1 aromatic heterocycles. The van der Waals surface area contributed by atoms with Gasteiger partial charge in [-0.1, -0.05) is 0 Å². The maximum Gasteiger partial charge on any atom is 0.167 e. The van der Waals surface area contributed by atoms with Gasteiger partial charge in [0.25, 0.3) is 0 Å². The van der Waals surface area contributed by atoms with Crippen LogP contribution in [0, 0.1) is 13.0 Å². The van der Waals surface area contributed by atoms with Crippen LogP contribution in [-0.4, -0.2) is 13.2 Å². The molecule has 0 aliphatic carbocycles. The fourth-order valence-electron chi connectivity index (χ4n) is 2.63. The topological polar surface area (TPSA) is 27.7 Å². The fourth-order valence-corrected chi connectivity index (χ4v) is 3.79. The Morgan fingerprint density at radius 2 is 2.20 bits per heavy atom. The summed E-state index contributed by atoms with van der Waals surface area (Å²) in [7, 11) is 0. The smallest absolute Gasteiger partial charge is 0.167 e. The van der Waals surface area contributed by atoms with Gasteiger partial charge < -0.3 is 14.2 Å². The Morgan fingerprint density at radius 1 is 1.25 bits per heavy atom. The molecule has 0 fully saturated rings.